The SMILES string of the molecule is CC.CC.CC.CC.CC.CC.CC.CC.CC.CC.CC.CC.CC.Cc1c(C)c2ccc[n+](C)c2c2c(C)cccc12.Cc1cc2c(cc1-c1nccc[n+]1C)oc1ccccc12.Cc1cc2c(cc1-c1nccc[n+]1C)sc1ccccc12.Cc1cc2c3ccccc3n(C)c2cc1-c1nccc[n+]1C.Cc1cncnc1-c1nccc[n+]1C. The second-order valence-electron chi connectivity index (χ2n) is 24.7. The van der Waals surface area contributed by atoms with E-state index in [-0.39, 0.29) is 0 Å². The molecule has 0 atom stereocenters. The summed E-state index contributed by atoms with van der Waals surface area (Å²) in [5, 5.41) is 11.7. The molecule has 0 fully saturated rings. The normalized spacial score (nSPS) is 9.43. The van der Waals surface area contributed by atoms with Crippen LogP contribution in [-0.2, 0) is 42.3 Å². The maximum absolute atomic E-state index is 5.97. The lowest BCUT2D eigenvalue weighted by atomic mass is 9.93. The van der Waals surface area contributed by atoms with Gasteiger partial charge in [-0.1, -0.05) is 253 Å². The fourth-order valence-corrected chi connectivity index (χ4v) is 14.3. The van der Waals surface area contributed by atoms with E-state index in [1.807, 2.05) is 321 Å². The number of fused-ring (bicyclic) bond motifs is 12. The molecule has 122 heavy (non-hydrogen) atoms. The minimum Gasteiger partial charge on any atom is -0.456 e. The Morgan fingerprint density at radius 1 is 0.295 bits per heavy atom. The number of benzene rings is 8. The first-order valence-electron chi connectivity index (χ1n) is 45.1. The number of aromatic nitrogens is 12. The van der Waals surface area contributed by atoms with Crippen LogP contribution in [0.4, 0.5) is 0 Å². The second-order valence-corrected chi connectivity index (χ2v) is 25.8. The van der Waals surface area contributed by atoms with Gasteiger partial charge in [0, 0.05) is 102 Å². The van der Waals surface area contributed by atoms with Crippen molar-refractivity contribution < 1.29 is 27.3 Å². The molecule has 17 rings (SSSR count). The van der Waals surface area contributed by atoms with Crippen molar-refractivity contribution >= 4 is 96.9 Å². The van der Waals surface area contributed by atoms with E-state index in [0.717, 1.165) is 62.1 Å². The van der Waals surface area contributed by atoms with Gasteiger partial charge in [-0.15, -0.1) is 11.3 Å². The molecule has 9 heterocycles. The standard InChI is InChI=1S/C19H18N3.C18H15N2O.C18H15N2S.C17H18N.C10H11N4.13C2H6/c1-13-11-16-14-7-4-5-8-17(14)22(3)18(16)12-15(13)19-20-9-6-10-21(19)2;2*1-12-10-15-13-6-3-4-7-16(13)21-17(15)11-14(12)18-19-8-5-9-20(18)2;1-11-7-5-8-14-12(2)13(3)15-9-6-10-18(4)17(15)16(11)14;1-8-6-11-7-13-9(8)10-12-4-3-5-14(10)2;13*1-2/h4-12H,1-3H3;2*3-11H,1-2H3;5-10H,1-4H3;3-7H,1-2H3;13*1-2H3/q5*+1;;;;;;;;;;;;;. The zero-order valence-corrected chi connectivity index (χ0v) is 83.4. The van der Waals surface area contributed by atoms with Crippen LogP contribution in [0.5, 0.6) is 0 Å². The molecule has 654 valence electrons. The van der Waals surface area contributed by atoms with Crippen molar-refractivity contribution in [2.45, 2.75) is 228 Å². The lowest BCUT2D eigenvalue weighted by Gasteiger charge is -2.11. The van der Waals surface area contributed by atoms with Crippen molar-refractivity contribution in [3.63, 3.8) is 0 Å². The minimum absolute atomic E-state index is 0.854. The lowest BCUT2D eigenvalue weighted by Crippen LogP contribution is -2.31. The van der Waals surface area contributed by atoms with Crippen LogP contribution < -0.4 is 22.8 Å². The highest BCUT2D eigenvalue weighted by molar-refractivity contribution is 7.25. The van der Waals surface area contributed by atoms with Crippen molar-refractivity contribution in [2.75, 3.05) is 0 Å². The van der Waals surface area contributed by atoms with Crippen LogP contribution in [0.1, 0.15) is 219 Å². The minimum atomic E-state index is 0.854. The average Bonchev–Trinajstić information content (AvgIpc) is 1.34. The highest BCUT2D eigenvalue weighted by Crippen LogP contribution is 2.39. The van der Waals surface area contributed by atoms with E-state index < -0.39 is 0 Å². The topological polar surface area (TPSA) is 115 Å². The van der Waals surface area contributed by atoms with Crippen molar-refractivity contribution in [3.05, 3.63) is 271 Å². The molecule has 17 aromatic rings. The Balaban J connectivity index is 0.00000141. The molecular formula is C108H155N12OS+5. The summed E-state index contributed by atoms with van der Waals surface area (Å²) in [6.45, 7) is 67.1. The third-order valence-corrected chi connectivity index (χ3v) is 19.4. The summed E-state index contributed by atoms with van der Waals surface area (Å²) in [5.41, 5.74) is 18.9. The third kappa shape index (κ3) is 27.8. The van der Waals surface area contributed by atoms with Gasteiger partial charge in [-0.25, -0.2) is 32.8 Å². The van der Waals surface area contributed by atoms with Gasteiger partial charge in [-0.2, -0.15) is 0 Å². The molecule has 0 bridgehead atoms. The summed E-state index contributed by atoms with van der Waals surface area (Å²) in [4.78, 5) is 26.0. The van der Waals surface area contributed by atoms with Crippen LogP contribution in [0.2, 0.25) is 0 Å². The molecule has 0 radical (unpaired) electrons. The largest absolute Gasteiger partial charge is 0.456 e. The van der Waals surface area contributed by atoms with E-state index in [9.17, 15) is 0 Å². The van der Waals surface area contributed by atoms with Gasteiger partial charge in [0.1, 0.15) is 49.3 Å². The maximum Gasteiger partial charge on any atom is 0.348 e. The smallest absolute Gasteiger partial charge is 0.348 e. The number of hydrogen-bond donors (Lipinski definition) is 0. The fraction of sp³-hybridized carbons (Fsp3) is 0.361. The Morgan fingerprint density at radius 2 is 0.697 bits per heavy atom. The molecule has 0 aliphatic rings. The number of nitrogens with zero attached hydrogens (tertiary/aromatic N) is 12. The maximum atomic E-state index is 5.97. The van der Waals surface area contributed by atoms with Gasteiger partial charge >= 0.3 is 23.3 Å². The van der Waals surface area contributed by atoms with E-state index in [1.165, 1.54) is 114 Å². The van der Waals surface area contributed by atoms with Gasteiger partial charge in [-0.05, 0) is 168 Å². The van der Waals surface area contributed by atoms with Gasteiger partial charge in [-0.3, -0.25) is 0 Å². The van der Waals surface area contributed by atoms with Crippen LogP contribution in [0.3, 0.4) is 0 Å². The molecule has 14 heteroatoms. The summed E-state index contributed by atoms with van der Waals surface area (Å²) in [5.74, 6) is 3.80. The number of hydrogen-bond acceptors (Lipinski definition) is 8. The molecule has 0 N–H and O–H groups in total. The first kappa shape index (κ1) is 111. The summed E-state index contributed by atoms with van der Waals surface area (Å²) in [7, 11) is 12.3. The monoisotopic (exact) mass is 1670 g/mol. The number of furan rings is 1. The van der Waals surface area contributed by atoms with Crippen molar-refractivity contribution in [3.8, 4) is 45.7 Å². The van der Waals surface area contributed by atoms with Gasteiger partial charge in [0.2, 0.25) is 5.52 Å². The molecule has 0 spiro atoms. The summed E-state index contributed by atoms with van der Waals surface area (Å²) in [6, 6.07) is 57.3. The van der Waals surface area contributed by atoms with Crippen LogP contribution in [-0.4, -0.2) is 34.5 Å². The van der Waals surface area contributed by atoms with E-state index in [4.69, 9.17) is 4.42 Å². The fourth-order valence-electron chi connectivity index (χ4n) is 13.1. The average molecular weight is 1670 g/mol. The van der Waals surface area contributed by atoms with Gasteiger partial charge < -0.3 is 8.98 Å². The molecule has 8 aromatic carbocycles. The Hall–Kier alpha value is -11.4. The van der Waals surface area contributed by atoms with Crippen LogP contribution >= 0.6 is 11.3 Å². The zero-order chi connectivity index (χ0) is 92.9. The van der Waals surface area contributed by atoms with Crippen LogP contribution in [0.15, 0.2) is 237 Å². The predicted octanol–water partition coefficient (Wildman–Crippen LogP) is 29.3. The van der Waals surface area contributed by atoms with Crippen LogP contribution in [0, 0.1) is 48.5 Å². The molecule has 0 saturated carbocycles. The molecule has 0 aliphatic heterocycles. The molecule has 0 amide bonds. The Labute approximate surface area is 741 Å². The highest BCUT2D eigenvalue weighted by Gasteiger charge is 2.23. The number of thiophene rings is 1. The molecule has 13 nitrogen and oxygen atoms in total. The molecular weight excluding hydrogens is 1510 g/mol. The number of aryl methyl sites for hydroxylation is 13. The lowest BCUT2D eigenvalue weighted by molar-refractivity contribution is -0.663. The van der Waals surface area contributed by atoms with Gasteiger partial charge in [0.15, 0.2) is 11.9 Å². The van der Waals surface area contributed by atoms with E-state index in [2.05, 4.69) is 231 Å². The van der Waals surface area contributed by atoms with Crippen molar-refractivity contribution in [1.29, 1.82) is 0 Å². The Bertz CT molecular complexity index is 5540. The molecule has 9 aromatic heterocycles. The third-order valence-electron chi connectivity index (χ3n) is 18.3. The van der Waals surface area contributed by atoms with Crippen molar-refractivity contribution in [2.24, 2.45) is 42.3 Å². The quantitative estimate of drug-likeness (QED) is 0.127. The van der Waals surface area contributed by atoms with Gasteiger partial charge in [0.05, 0.1) is 80.4 Å². The Kier molecular flexibility index (Phi) is 55.3. The zero-order valence-electron chi connectivity index (χ0n) is 82.6. The van der Waals surface area contributed by atoms with E-state index >= 15 is 0 Å². The summed E-state index contributed by atoms with van der Waals surface area (Å²) >= 11 is 1.85. The van der Waals surface area contributed by atoms with E-state index in [0.29, 0.717) is 0 Å². The van der Waals surface area contributed by atoms with Gasteiger partial charge in [0.25, 0.3) is 0 Å². The van der Waals surface area contributed by atoms with E-state index in [1.54, 1.807) is 12.4 Å². The number of para-hydroxylation sites is 2. The molecule has 0 aliphatic carbocycles. The number of pyridine rings is 1. The first-order chi connectivity index (χ1) is 59.5. The first-order valence-corrected chi connectivity index (χ1v) is 45.9. The second kappa shape index (κ2) is 61.0. The number of rotatable bonds is 4. The molecule has 0 unspecified atom stereocenters. The predicted molar refractivity (Wildman–Crippen MR) is 536 cm³/mol. The summed E-state index contributed by atoms with van der Waals surface area (Å²) in [6.07, 6.45) is 20.8. The van der Waals surface area contributed by atoms with Crippen molar-refractivity contribution in [1.82, 2.24) is 34.5 Å². The molecule has 0 saturated heterocycles. The van der Waals surface area contributed by atoms with Crippen LogP contribution in [0.25, 0.3) is 131 Å². The Morgan fingerprint density at radius 3 is 1.20 bits per heavy atom. The summed E-state index contributed by atoms with van der Waals surface area (Å²) < 4.78 is 21.2. The highest BCUT2D eigenvalue weighted by atomic mass is 32.1.